The number of nitrogens with zero attached hydrogens (tertiary/aromatic N) is 1. The van der Waals surface area contributed by atoms with Crippen molar-refractivity contribution in [1.29, 1.82) is 0 Å². The number of halogens is 2. The topological polar surface area (TPSA) is 29.5 Å². The lowest BCUT2D eigenvalue weighted by Crippen LogP contribution is -2.40. The largest absolute Gasteiger partial charge is 0.463 e. The van der Waals surface area contributed by atoms with Gasteiger partial charge in [-0.1, -0.05) is 29.3 Å². The second-order valence-electron chi connectivity index (χ2n) is 6.98. The van der Waals surface area contributed by atoms with Crippen LogP contribution < -0.4 is 0 Å². The second-order valence-corrected chi connectivity index (χ2v) is 7.80. The Morgan fingerprint density at radius 1 is 1.33 bits per heavy atom. The molecule has 0 saturated carbocycles. The lowest BCUT2D eigenvalue weighted by atomic mass is 9.76. The van der Waals surface area contributed by atoms with E-state index in [0.29, 0.717) is 40.6 Å². The Hall–Kier alpha value is -1.03. The number of ether oxygens (including phenoxy) is 1. The van der Waals surface area contributed by atoms with Crippen LogP contribution >= 0.6 is 23.2 Å². The molecular weight excluding hydrogens is 345 g/mol. The molecule has 0 aliphatic carbocycles. The highest BCUT2D eigenvalue weighted by molar-refractivity contribution is 6.42. The van der Waals surface area contributed by atoms with Gasteiger partial charge in [0.1, 0.15) is 0 Å². The Morgan fingerprint density at radius 3 is 2.92 bits per heavy atom. The minimum absolute atomic E-state index is 0.218. The maximum atomic E-state index is 12.0. The molecule has 0 aromatic heterocycles. The van der Waals surface area contributed by atoms with Crippen molar-refractivity contribution in [3.05, 3.63) is 45.5 Å². The summed E-state index contributed by atoms with van der Waals surface area (Å²) in [6.07, 6.45) is 5.33. The Morgan fingerprint density at radius 2 is 2.17 bits per heavy atom. The molecule has 3 aliphatic rings. The lowest BCUT2D eigenvalue weighted by Gasteiger charge is -2.37. The first-order valence-electron chi connectivity index (χ1n) is 8.66. The number of benzene rings is 1. The molecule has 3 heterocycles. The van der Waals surface area contributed by atoms with Crippen LogP contribution in [-0.2, 0) is 9.53 Å². The molecule has 1 aromatic rings. The van der Waals surface area contributed by atoms with E-state index in [1.165, 1.54) is 24.0 Å². The van der Waals surface area contributed by atoms with Crippen molar-refractivity contribution in [3.8, 4) is 0 Å². The number of esters is 1. The van der Waals surface area contributed by atoms with Gasteiger partial charge < -0.3 is 4.74 Å². The van der Waals surface area contributed by atoms with Crippen molar-refractivity contribution in [3.63, 3.8) is 0 Å². The van der Waals surface area contributed by atoms with Crippen molar-refractivity contribution in [2.75, 3.05) is 13.2 Å². The number of carbonyl (C=O) groups excluding carboxylic acids is 1. The first-order valence-corrected chi connectivity index (χ1v) is 9.42. The van der Waals surface area contributed by atoms with Gasteiger partial charge in [0.25, 0.3) is 0 Å². The smallest absolute Gasteiger partial charge is 0.330 e. The molecule has 1 aromatic carbocycles. The molecule has 1 unspecified atom stereocenters. The highest BCUT2D eigenvalue weighted by Gasteiger charge is 2.53. The van der Waals surface area contributed by atoms with Gasteiger partial charge in [-0.15, -0.1) is 0 Å². The van der Waals surface area contributed by atoms with E-state index in [9.17, 15) is 4.79 Å². The Bertz CT molecular complexity index is 703. The molecule has 4 bridgehead atoms. The predicted molar refractivity (Wildman–Crippen MR) is 95.5 cm³/mol. The van der Waals surface area contributed by atoms with Gasteiger partial charge in [-0.3, -0.25) is 4.90 Å². The molecule has 5 atom stereocenters. The quantitative estimate of drug-likeness (QED) is 0.585. The molecule has 3 saturated heterocycles. The van der Waals surface area contributed by atoms with Crippen LogP contribution in [0.5, 0.6) is 0 Å². The van der Waals surface area contributed by atoms with E-state index in [1.807, 2.05) is 19.1 Å². The van der Waals surface area contributed by atoms with Gasteiger partial charge in [0.15, 0.2) is 0 Å². The maximum Gasteiger partial charge on any atom is 0.330 e. The summed E-state index contributed by atoms with van der Waals surface area (Å²) in [5.74, 6) is 0.562. The number of hydrogen-bond acceptors (Lipinski definition) is 3. The van der Waals surface area contributed by atoms with Gasteiger partial charge in [-0.2, -0.15) is 0 Å². The molecule has 0 amide bonds. The van der Waals surface area contributed by atoms with Gasteiger partial charge in [0, 0.05) is 30.6 Å². The minimum atomic E-state index is -0.218. The number of rotatable bonds is 3. The van der Waals surface area contributed by atoms with Crippen LogP contribution in [0.1, 0.15) is 37.7 Å². The Kier molecular flexibility index (Phi) is 4.36. The number of carbonyl (C=O) groups is 1. The Balaban J connectivity index is 1.70. The van der Waals surface area contributed by atoms with Gasteiger partial charge >= 0.3 is 5.97 Å². The first-order chi connectivity index (χ1) is 11.6. The van der Waals surface area contributed by atoms with E-state index >= 15 is 0 Å². The number of piperidine rings is 1. The molecule has 0 radical (unpaired) electrons. The number of hydrogen-bond donors (Lipinski definition) is 0. The maximum absolute atomic E-state index is 12.0. The molecule has 0 N–H and O–H groups in total. The standard InChI is InChI=1S/C19H21Cl2NO2/c1-2-24-18(23)8-12-10-22-13-4-6-17(22)19(12)14(9-13)11-3-5-15(20)16(21)7-11/h3,5,7-8,13-14,17,19H,2,4,6,9-10H2,1H3/t13-,14+,17+,19+/m0/s1. The average Bonchev–Trinajstić information content (AvgIpc) is 2.95. The lowest BCUT2D eigenvalue weighted by molar-refractivity contribution is -0.137. The van der Waals surface area contributed by atoms with Crippen LogP contribution in [-0.4, -0.2) is 36.1 Å². The zero-order valence-corrected chi connectivity index (χ0v) is 15.2. The van der Waals surface area contributed by atoms with Gasteiger partial charge in [-0.05, 0) is 55.4 Å². The first kappa shape index (κ1) is 16.4. The molecule has 24 heavy (non-hydrogen) atoms. The fourth-order valence-corrected chi connectivity index (χ4v) is 5.25. The highest BCUT2D eigenvalue weighted by Crippen LogP contribution is 2.54. The summed E-state index contributed by atoms with van der Waals surface area (Å²) >= 11 is 12.3. The molecular formula is C19H21Cl2NO2. The van der Waals surface area contributed by atoms with Crippen molar-refractivity contribution in [2.24, 2.45) is 5.92 Å². The average molecular weight is 366 g/mol. The summed E-state index contributed by atoms with van der Waals surface area (Å²) in [4.78, 5) is 14.6. The highest BCUT2D eigenvalue weighted by atomic mass is 35.5. The predicted octanol–water partition coefficient (Wildman–Crippen LogP) is 4.43. The van der Waals surface area contributed by atoms with Crippen molar-refractivity contribution >= 4 is 29.2 Å². The van der Waals surface area contributed by atoms with Gasteiger partial charge in [-0.25, -0.2) is 4.79 Å². The summed E-state index contributed by atoms with van der Waals surface area (Å²) in [5, 5.41) is 1.20. The van der Waals surface area contributed by atoms with Crippen LogP contribution in [0.15, 0.2) is 29.8 Å². The zero-order chi connectivity index (χ0) is 16.8. The van der Waals surface area contributed by atoms with Crippen LogP contribution in [0.3, 0.4) is 0 Å². The molecule has 3 fully saturated rings. The molecule has 3 nitrogen and oxygen atoms in total. The van der Waals surface area contributed by atoms with Crippen LogP contribution in [0.25, 0.3) is 0 Å². The van der Waals surface area contributed by atoms with E-state index in [0.717, 1.165) is 13.0 Å². The van der Waals surface area contributed by atoms with Gasteiger partial charge in [0.2, 0.25) is 0 Å². The molecule has 3 aliphatic heterocycles. The van der Waals surface area contributed by atoms with E-state index in [-0.39, 0.29) is 5.97 Å². The fourth-order valence-electron chi connectivity index (χ4n) is 4.94. The molecule has 0 spiro atoms. The fraction of sp³-hybridized carbons (Fsp3) is 0.526. The van der Waals surface area contributed by atoms with Crippen molar-refractivity contribution in [1.82, 2.24) is 4.90 Å². The van der Waals surface area contributed by atoms with Gasteiger partial charge in [0.05, 0.1) is 16.7 Å². The van der Waals surface area contributed by atoms with Crippen molar-refractivity contribution < 1.29 is 9.53 Å². The van der Waals surface area contributed by atoms with E-state index < -0.39 is 0 Å². The third-order valence-corrected chi connectivity index (χ3v) is 6.56. The zero-order valence-electron chi connectivity index (χ0n) is 13.7. The monoisotopic (exact) mass is 365 g/mol. The third-order valence-electron chi connectivity index (χ3n) is 5.82. The van der Waals surface area contributed by atoms with E-state index in [1.54, 1.807) is 6.08 Å². The molecule has 4 rings (SSSR count). The van der Waals surface area contributed by atoms with Crippen LogP contribution in [0, 0.1) is 5.92 Å². The summed E-state index contributed by atoms with van der Waals surface area (Å²) in [6, 6.07) is 7.14. The summed E-state index contributed by atoms with van der Waals surface area (Å²) < 4.78 is 5.14. The molecule has 128 valence electrons. The van der Waals surface area contributed by atoms with Crippen LogP contribution in [0.4, 0.5) is 0 Å². The third kappa shape index (κ3) is 2.67. The second kappa shape index (κ2) is 6.36. The summed E-state index contributed by atoms with van der Waals surface area (Å²) in [7, 11) is 0. The normalized spacial score (nSPS) is 35.5. The minimum Gasteiger partial charge on any atom is -0.463 e. The van der Waals surface area contributed by atoms with E-state index in [4.69, 9.17) is 27.9 Å². The van der Waals surface area contributed by atoms with E-state index in [2.05, 4.69) is 11.0 Å². The van der Waals surface area contributed by atoms with Crippen LogP contribution in [0.2, 0.25) is 10.0 Å². The SMILES string of the molecule is CCOC(=O)C=C1CN2[C@H]3CC[C@@H]2[C@H]1[C@@H](c1ccc(Cl)c(Cl)c1)C3. The summed E-state index contributed by atoms with van der Waals surface area (Å²) in [6.45, 7) is 3.16. The Labute approximate surface area is 152 Å². The summed E-state index contributed by atoms with van der Waals surface area (Å²) in [5.41, 5.74) is 2.46. The van der Waals surface area contributed by atoms with Crippen molar-refractivity contribution in [2.45, 2.75) is 44.2 Å². The molecule has 5 heteroatoms.